The molecule has 7 nitrogen and oxygen atoms in total. The maximum absolute atomic E-state index is 5.50. The van der Waals surface area contributed by atoms with Crippen LogP contribution in [-0.4, -0.2) is 50.4 Å². The number of piperidine rings is 1. The lowest BCUT2D eigenvalue weighted by Crippen LogP contribution is -2.62. The molecule has 0 bridgehead atoms. The second kappa shape index (κ2) is 7.78. The van der Waals surface area contributed by atoms with Crippen LogP contribution < -0.4 is 25.4 Å². The molecule has 0 radical (unpaired) electrons. The highest BCUT2D eigenvalue weighted by Gasteiger charge is 2.40. The highest BCUT2D eigenvalue weighted by Crippen LogP contribution is 2.34. The summed E-state index contributed by atoms with van der Waals surface area (Å²) in [6.07, 6.45) is 6.09. The molecule has 1 aromatic carbocycles. The van der Waals surface area contributed by atoms with Gasteiger partial charge in [-0.25, -0.2) is 0 Å². The van der Waals surface area contributed by atoms with Gasteiger partial charge in [-0.3, -0.25) is 15.2 Å². The number of likely N-dealkylation sites (tertiary alicyclic amines) is 1. The molecule has 3 N–H and O–H groups in total. The fraction of sp³-hybridized carbons (Fsp3) is 0.550. The number of rotatable bonds is 6. The van der Waals surface area contributed by atoms with Gasteiger partial charge < -0.3 is 20.1 Å². The monoisotopic (exact) mass is 371 g/mol. The number of nitrogens with zero attached hydrogens (tertiary/aromatic N) is 2. The number of aliphatic imine (C=N–C) groups is 1. The Bertz CT molecular complexity index is 727. The normalized spacial score (nSPS) is 25.2. The molecule has 3 heterocycles. The van der Waals surface area contributed by atoms with E-state index in [4.69, 9.17) is 14.5 Å². The Kier molecular flexibility index (Phi) is 5.22. The Hall–Kier alpha value is -2.25. The minimum Gasteiger partial charge on any atom is -0.454 e. The quantitative estimate of drug-likeness (QED) is 0.706. The zero-order valence-corrected chi connectivity index (χ0v) is 16.1. The van der Waals surface area contributed by atoms with Crippen molar-refractivity contribution in [2.75, 3.05) is 33.5 Å². The first kappa shape index (κ1) is 18.1. The van der Waals surface area contributed by atoms with Crippen molar-refractivity contribution in [2.24, 2.45) is 10.9 Å². The van der Waals surface area contributed by atoms with E-state index in [0.717, 1.165) is 56.3 Å². The average molecular weight is 371 g/mol. The van der Waals surface area contributed by atoms with E-state index in [0.29, 0.717) is 12.7 Å². The number of hydrogen-bond acceptors (Lipinski definition) is 7. The minimum atomic E-state index is -0.420. The van der Waals surface area contributed by atoms with Gasteiger partial charge in [0, 0.05) is 25.2 Å². The zero-order valence-electron chi connectivity index (χ0n) is 16.1. The van der Waals surface area contributed by atoms with Gasteiger partial charge in [-0.05, 0) is 63.7 Å². The maximum Gasteiger partial charge on any atom is 0.231 e. The summed E-state index contributed by atoms with van der Waals surface area (Å²) in [5.74, 6) is 2.76. The van der Waals surface area contributed by atoms with E-state index in [1.165, 1.54) is 5.56 Å². The molecular weight excluding hydrogens is 342 g/mol. The summed E-state index contributed by atoms with van der Waals surface area (Å²) in [5.41, 5.74) is 1.27. The van der Waals surface area contributed by atoms with Crippen molar-refractivity contribution < 1.29 is 9.47 Å². The van der Waals surface area contributed by atoms with E-state index in [1.54, 1.807) is 0 Å². The number of hydrogen-bond donors (Lipinski definition) is 3. The molecule has 4 rings (SSSR count). The van der Waals surface area contributed by atoms with Crippen LogP contribution in [0.25, 0.3) is 0 Å². The number of fused-ring (bicyclic) bond motifs is 1. The van der Waals surface area contributed by atoms with Crippen molar-refractivity contribution in [3.05, 3.63) is 35.7 Å². The molecule has 1 fully saturated rings. The van der Waals surface area contributed by atoms with Crippen LogP contribution in [0, 0.1) is 5.92 Å². The molecule has 7 heteroatoms. The molecule has 0 spiro atoms. The summed E-state index contributed by atoms with van der Waals surface area (Å²) in [5, 5.41) is 10.4. The van der Waals surface area contributed by atoms with Crippen LogP contribution in [0.4, 0.5) is 0 Å². The van der Waals surface area contributed by atoms with Gasteiger partial charge in [0.25, 0.3) is 0 Å². The molecular formula is C20H29N5O2. The Morgan fingerprint density at radius 2 is 2.07 bits per heavy atom. The predicted octanol–water partition coefficient (Wildman–Crippen LogP) is 1.63. The van der Waals surface area contributed by atoms with E-state index in [-0.39, 0.29) is 0 Å². The van der Waals surface area contributed by atoms with Gasteiger partial charge in [0.15, 0.2) is 17.3 Å². The molecule has 0 amide bonds. The Morgan fingerprint density at radius 1 is 1.26 bits per heavy atom. The lowest BCUT2D eigenvalue weighted by atomic mass is 9.88. The fourth-order valence-electron chi connectivity index (χ4n) is 4.15. The van der Waals surface area contributed by atoms with Gasteiger partial charge in [-0.1, -0.05) is 6.07 Å². The van der Waals surface area contributed by atoms with E-state index >= 15 is 0 Å². The number of benzene rings is 1. The molecule has 3 aliphatic rings. The third-order valence-electron chi connectivity index (χ3n) is 5.61. The van der Waals surface area contributed by atoms with Crippen LogP contribution in [0.2, 0.25) is 0 Å². The van der Waals surface area contributed by atoms with Crippen molar-refractivity contribution >= 4 is 6.21 Å². The molecule has 27 heavy (non-hydrogen) atoms. The largest absolute Gasteiger partial charge is 0.454 e. The van der Waals surface area contributed by atoms with E-state index in [2.05, 4.69) is 39.9 Å². The second-order valence-electron chi connectivity index (χ2n) is 7.27. The summed E-state index contributed by atoms with van der Waals surface area (Å²) < 4.78 is 10.9. The first-order valence-corrected chi connectivity index (χ1v) is 9.80. The van der Waals surface area contributed by atoms with Crippen LogP contribution in [-0.2, 0) is 6.54 Å². The zero-order chi connectivity index (χ0) is 18.7. The van der Waals surface area contributed by atoms with Crippen LogP contribution in [0.3, 0.4) is 0 Å². The van der Waals surface area contributed by atoms with Crippen molar-refractivity contribution in [2.45, 2.75) is 32.1 Å². The average Bonchev–Trinajstić information content (AvgIpc) is 3.17. The molecule has 1 aromatic rings. The standard InChI is InChI=1S/C20H29N5O2/c1-3-22-19-6-9-23-20(21-2,24-19)16-7-10-25(11-8-16)13-15-4-5-17-18(12-15)27-14-26-17/h4-6,9,12,16,21-22,24H,3,7-8,10-11,13-14H2,1-2H3. The summed E-state index contributed by atoms with van der Waals surface area (Å²) in [6.45, 7) is 6.37. The van der Waals surface area contributed by atoms with E-state index in [1.807, 2.05) is 25.4 Å². The second-order valence-corrected chi connectivity index (χ2v) is 7.27. The van der Waals surface area contributed by atoms with Gasteiger partial charge >= 0.3 is 0 Å². The van der Waals surface area contributed by atoms with Crippen LogP contribution in [0.1, 0.15) is 25.3 Å². The van der Waals surface area contributed by atoms with Gasteiger partial charge in [-0.15, -0.1) is 0 Å². The van der Waals surface area contributed by atoms with Crippen molar-refractivity contribution in [3.63, 3.8) is 0 Å². The molecule has 3 aliphatic heterocycles. The van der Waals surface area contributed by atoms with Gasteiger partial charge in [0.05, 0.1) is 0 Å². The first-order chi connectivity index (χ1) is 13.2. The summed E-state index contributed by atoms with van der Waals surface area (Å²) in [6, 6.07) is 6.24. The summed E-state index contributed by atoms with van der Waals surface area (Å²) in [7, 11) is 1.98. The van der Waals surface area contributed by atoms with E-state index in [9.17, 15) is 0 Å². The SMILES string of the molecule is CCNC1=CC=NC(NC)(C2CCN(Cc3ccc4c(c3)OCO4)CC2)N1. The van der Waals surface area contributed by atoms with Crippen LogP contribution >= 0.6 is 0 Å². The van der Waals surface area contributed by atoms with Crippen molar-refractivity contribution in [1.29, 1.82) is 0 Å². The Balaban J connectivity index is 1.35. The van der Waals surface area contributed by atoms with Gasteiger partial charge in [-0.2, -0.15) is 0 Å². The van der Waals surface area contributed by atoms with Crippen molar-refractivity contribution in [1.82, 2.24) is 20.9 Å². The first-order valence-electron chi connectivity index (χ1n) is 9.80. The lowest BCUT2D eigenvalue weighted by molar-refractivity contribution is 0.0936. The molecule has 0 aliphatic carbocycles. The number of ether oxygens (including phenoxy) is 2. The molecule has 0 aromatic heterocycles. The summed E-state index contributed by atoms with van der Waals surface area (Å²) in [4.78, 5) is 7.28. The minimum absolute atomic E-state index is 0.327. The smallest absolute Gasteiger partial charge is 0.231 e. The highest BCUT2D eigenvalue weighted by molar-refractivity contribution is 5.73. The Morgan fingerprint density at radius 3 is 2.85 bits per heavy atom. The summed E-state index contributed by atoms with van der Waals surface area (Å²) >= 11 is 0. The third kappa shape index (κ3) is 3.75. The lowest BCUT2D eigenvalue weighted by Gasteiger charge is -2.44. The van der Waals surface area contributed by atoms with Crippen molar-refractivity contribution in [3.8, 4) is 11.5 Å². The van der Waals surface area contributed by atoms with Crippen LogP contribution in [0.15, 0.2) is 35.1 Å². The molecule has 1 saturated heterocycles. The highest BCUT2D eigenvalue weighted by atomic mass is 16.7. The molecule has 1 unspecified atom stereocenters. The number of allylic oxidation sites excluding steroid dienone is 1. The maximum atomic E-state index is 5.50. The molecule has 146 valence electrons. The van der Waals surface area contributed by atoms with E-state index < -0.39 is 5.79 Å². The van der Waals surface area contributed by atoms with Gasteiger partial charge in [0.1, 0.15) is 5.82 Å². The van der Waals surface area contributed by atoms with Crippen LogP contribution in [0.5, 0.6) is 11.5 Å². The third-order valence-corrected chi connectivity index (χ3v) is 5.61. The number of nitrogens with one attached hydrogen (secondary N) is 3. The molecule has 1 atom stereocenters. The fourth-order valence-corrected chi connectivity index (χ4v) is 4.15. The molecule has 0 saturated carbocycles. The van der Waals surface area contributed by atoms with Gasteiger partial charge in [0.2, 0.25) is 6.79 Å². The topological polar surface area (TPSA) is 70.2 Å². The Labute approximate surface area is 160 Å². The predicted molar refractivity (Wildman–Crippen MR) is 106 cm³/mol.